The zero-order valence-corrected chi connectivity index (χ0v) is 14.1. The van der Waals surface area contributed by atoms with Gasteiger partial charge in [-0.1, -0.05) is 6.07 Å². The largest absolute Gasteiger partial charge is 0.495 e. The van der Waals surface area contributed by atoms with E-state index in [0.29, 0.717) is 31.1 Å². The van der Waals surface area contributed by atoms with E-state index in [1.54, 1.807) is 12.0 Å². The van der Waals surface area contributed by atoms with Crippen molar-refractivity contribution in [2.75, 3.05) is 44.9 Å². The van der Waals surface area contributed by atoms with E-state index in [0.717, 1.165) is 5.56 Å². The summed E-state index contributed by atoms with van der Waals surface area (Å²) < 4.78 is 10.4. The smallest absolute Gasteiger partial charge is 0.227 e. The maximum atomic E-state index is 12.3. The quantitative estimate of drug-likeness (QED) is 0.674. The summed E-state index contributed by atoms with van der Waals surface area (Å²) in [7, 11) is 1.56. The number of carbonyl (C=O) groups is 2. The number of aryl methyl sites for hydroxylation is 1. The molecule has 0 bridgehead atoms. The highest BCUT2D eigenvalue weighted by molar-refractivity contribution is 6.01. The summed E-state index contributed by atoms with van der Waals surface area (Å²) >= 11 is 0. The molecule has 0 aliphatic carbocycles. The number of hydrogen-bond acceptors (Lipinski definition) is 5. The van der Waals surface area contributed by atoms with Crippen LogP contribution in [-0.4, -0.2) is 56.9 Å². The molecule has 1 aromatic carbocycles. The molecule has 24 heavy (non-hydrogen) atoms. The van der Waals surface area contributed by atoms with Gasteiger partial charge in [-0.15, -0.1) is 0 Å². The molecule has 2 N–H and O–H groups in total. The van der Waals surface area contributed by atoms with E-state index in [1.807, 2.05) is 25.1 Å². The van der Waals surface area contributed by atoms with Crippen molar-refractivity contribution < 1.29 is 24.2 Å². The molecule has 7 heteroatoms. The van der Waals surface area contributed by atoms with Crippen molar-refractivity contribution >= 4 is 17.5 Å². The molecule has 1 heterocycles. The zero-order valence-electron chi connectivity index (χ0n) is 14.1. The molecule has 0 radical (unpaired) electrons. The standard InChI is InChI=1S/C17H24N2O5/c1-12-3-4-15(23-2)14(9-12)19-11-13(10-16(19)21)17(22)18-5-7-24-8-6-20/h3-4,9,13,20H,5-8,10-11H2,1-2H3,(H,18,22). The molecule has 0 spiro atoms. The van der Waals surface area contributed by atoms with E-state index in [9.17, 15) is 9.59 Å². The first-order valence-corrected chi connectivity index (χ1v) is 7.98. The first kappa shape index (κ1) is 18.2. The molecule has 1 aliphatic heterocycles. The van der Waals surface area contributed by atoms with Crippen LogP contribution in [0.25, 0.3) is 0 Å². The van der Waals surface area contributed by atoms with Crippen LogP contribution in [0.2, 0.25) is 0 Å². The van der Waals surface area contributed by atoms with Gasteiger partial charge in [0.25, 0.3) is 0 Å². The number of methoxy groups -OCH3 is 1. The van der Waals surface area contributed by atoms with Crippen LogP contribution in [0, 0.1) is 12.8 Å². The molecular formula is C17H24N2O5. The monoisotopic (exact) mass is 336 g/mol. The second-order valence-electron chi connectivity index (χ2n) is 5.71. The lowest BCUT2D eigenvalue weighted by Gasteiger charge is -2.20. The van der Waals surface area contributed by atoms with Gasteiger partial charge in [0, 0.05) is 19.5 Å². The minimum Gasteiger partial charge on any atom is -0.495 e. The summed E-state index contributed by atoms with van der Waals surface area (Å²) in [6.45, 7) is 3.18. The lowest BCUT2D eigenvalue weighted by atomic mass is 10.1. The molecule has 1 fully saturated rings. The molecular weight excluding hydrogens is 312 g/mol. The predicted octanol–water partition coefficient (Wildman–Crippen LogP) is 0.482. The summed E-state index contributed by atoms with van der Waals surface area (Å²) in [6.07, 6.45) is 0.181. The summed E-state index contributed by atoms with van der Waals surface area (Å²) in [6, 6.07) is 5.63. The molecule has 1 saturated heterocycles. The van der Waals surface area contributed by atoms with Crippen LogP contribution in [0.5, 0.6) is 5.75 Å². The second kappa shape index (κ2) is 8.65. The Bertz CT molecular complexity index is 590. The Morgan fingerprint density at radius 1 is 1.42 bits per heavy atom. The maximum absolute atomic E-state index is 12.3. The topological polar surface area (TPSA) is 88.1 Å². The van der Waals surface area contributed by atoms with E-state index in [4.69, 9.17) is 14.6 Å². The number of ether oxygens (including phenoxy) is 2. The molecule has 0 aromatic heterocycles. The van der Waals surface area contributed by atoms with Crippen molar-refractivity contribution in [1.29, 1.82) is 0 Å². The van der Waals surface area contributed by atoms with E-state index in [1.165, 1.54) is 0 Å². The molecule has 1 aromatic rings. The number of aliphatic hydroxyl groups is 1. The maximum Gasteiger partial charge on any atom is 0.227 e. The number of rotatable bonds is 8. The normalized spacial score (nSPS) is 17.2. The van der Waals surface area contributed by atoms with Crippen LogP contribution in [-0.2, 0) is 14.3 Å². The molecule has 1 unspecified atom stereocenters. The fraction of sp³-hybridized carbons (Fsp3) is 0.529. The van der Waals surface area contributed by atoms with E-state index >= 15 is 0 Å². The highest BCUT2D eigenvalue weighted by Crippen LogP contribution is 2.33. The lowest BCUT2D eigenvalue weighted by molar-refractivity contribution is -0.126. The number of nitrogens with one attached hydrogen (secondary N) is 1. The number of amides is 2. The zero-order chi connectivity index (χ0) is 17.5. The Hall–Kier alpha value is -2.12. The van der Waals surface area contributed by atoms with Crippen molar-refractivity contribution in [3.8, 4) is 5.75 Å². The number of nitrogens with zero attached hydrogens (tertiary/aromatic N) is 1. The van der Waals surface area contributed by atoms with Crippen LogP contribution in [0.4, 0.5) is 5.69 Å². The first-order chi connectivity index (χ1) is 11.6. The predicted molar refractivity (Wildman–Crippen MR) is 89.1 cm³/mol. The van der Waals surface area contributed by atoms with Crippen molar-refractivity contribution in [3.05, 3.63) is 23.8 Å². The Balaban J connectivity index is 1.96. The van der Waals surface area contributed by atoms with Gasteiger partial charge in [0.1, 0.15) is 5.75 Å². The lowest BCUT2D eigenvalue weighted by Crippen LogP contribution is -2.35. The second-order valence-corrected chi connectivity index (χ2v) is 5.71. The number of hydrogen-bond donors (Lipinski definition) is 2. The van der Waals surface area contributed by atoms with Crippen molar-refractivity contribution in [1.82, 2.24) is 5.32 Å². The number of aliphatic hydroxyl groups excluding tert-OH is 1. The average molecular weight is 336 g/mol. The van der Waals surface area contributed by atoms with Crippen LogP contribution >= 0.6 is 0 Å². The van der Waals surface area contributed by atoms with Gasteiger partial charge in [-0.05, 0) is 24.6 Å². The molecule has 0 saturated carbocycles. The van der Waals surface area contributed by atoms with Crippen molar-refractivity contribution in [2.45, 2.75) is 13.3 Å². The van der Waals surface area contributed by atoms with Gasteiger partial charge < -0.3 is 24.8 Å². The fourth-order valence-electron chi connectivity index (χ4n) is 2.68. The third-order valence-corrected chi connectivity index (χ3v) is 3.90. The van der Waals surface area contributed by atoms with Crippen LogP contribution in [0.15, 0.2) is 18.2 Å². The Morgan fingerprint density at radius 3 is 2.92 bits per heavy atom. The highest BCUT2D eigenvalue weighted by Gasteiger charge is 2.36. The molecule has 2 amide bonds. The molecule has 1 aliphatic rings. The highest BCUT2D eigenvalue weighted by atomic mass is 16.5. The number of benzene rings is 1. The van der Waals surface area contributed by atoms with Gasteiger partial charge in [-0.3, -0.25) is 9.59 Å². The van der Waals surface area contributed by atoms with Crippen molar-refractivity contribution in [2.24, 2.45) is 5.92 Å². The van der Waals surface area contributed by atoms with E-state index < -0.39 is 0 Å². The summed E-state index contributed by atoms with van der Waals surface area (Å²) in [5.74, 6) is -0.0198. The van der Waals surface area contributed by atoms with Gasteiger partial charge in [-0.25, -0.2) is 0 Å². The summed E-state index contributed by atoms with van der Waals surface area (Å²) in [4.78, 5) is 26.1. The van der Waals surface area contributed by atoms with Crippen LogP contribution < -0.4 is 15.0 Å². The van der Waals surface area contributed by atoms with Gasteiger partial charge in [0.05, 0.1) is 38.5 Å². The van der Waals surface area contributed by atoms with Crippen molar-refractivity contribution in [3.63, 3.8) is 0 Å². The average Bonchev–Trinajstić information content (AvgIpc) is 2.96. The summed E-state index contributed by atoms with van der Waals surface area (Å²) in [5, 5.41) is 11.4. The van der Waals surface area contributed by atoms with E-state index in [2.05, 4.69) is 5.32 Å². The SMILES string of the molecule is COc1ccc(C)cc1N1CC(C(=O)NCCOCCO)CC1=O. The first-order valence-electron chi connectivity index (χ1n) is 7.98. The van der Waals surface area contributed by atoms with Gasteiger partial charge in [0.2, 0.25) is 11.8 Å². The summed E-state index contributed by atoms with van der Waals surface area (Å²) in [5.41, 5.74) is 1.72. The third kappa shape index (κ3) is 4.46. The minimum absolute atomic E-state index is 0.0433. The third-order valence-electron chi connectivity index (χ3n) is 3.90. The van der Waals surface area contributed by atoms with E-state index in [-0.39, 0.29) is 37.4 Å². The van der Waals surface area contributed by atoms with Crippen LogP contribution in [0.3, 0.4) is 0 Å². The van der Waals surface area contributed by atoms with Gasteiger partial charge >= 0.3 is 0 Å². The minimum atomic E-state index is -0.388. The number of anilines is 1. The van der Waals surface area contributed by atoms with Gasteiger partial charge in [-0.2, -0.15) is 0 Å². The number of carbonyl (C=O) groups excluding carboxylic acids is 2. The van der Waals surface area contributed by atoms with Gasteiger partial charge in [0.15, 0.2) is 0 Å². The Labute approximate surface area is 141 Å². The van der Waals surface area contributed by atoms with Crippen LogP contribution in [0.1, 0.15) is 12.0 Å². The molecule has 1 atom stereocenters. The fourth-order valence-corrected chi connectivity index (χ4v) is 2.68. The molecule has 132 valence electrons. The Kier molecular flexibility index (Phi) is 6.57. The molecule has 7 nitrogen and oxygen atoms in total. The Morgan fingerprint density at radius 2 is 2.21 bits per heavy atom. The molecule has 2 rings (SSSR count).